The Bertz CT molecular complexity index is 1360. The molecule has 4 aromatic rings. The van der Waals surface area contributed by atoms with Gasteiger partial charge in [0.05, 0.1) is 30.9 Å². The van der Waals surface area contributed by atoms with Gasteiger partial charge < -0.3 is 9.47 Å². The molecule has 4 rings (SSSR count). The van der Waals surface area contributed by atoms with Crippen molar-refractivity contribution in [1.29, 1.82) is 0 Å². The first-order chi connectivity index (χ1) is 15.1. The average molecular weight is 436 g/mol. The molecule has 2 aromatic heterocycles. The molecule has 0 aliphatic heterocycles. The first-order valence-corrected chi connectivity index (χ1v) is 10.4. The van der Waals surface area contributed by atoms with Crippen LogP contribution in [-0.2, 0) is 6.54 Å². The standard InChI is InChI=1S/C22H20N4O4S/c1-4-11-25-20(28)15-7-5-6-8-16(15)26-21(25)23-24-22(26)31-13-17(27)14-9-10-18(29-2)19(12-14)30-3/h4-10,12H,1,11,13H2,2-3H3. The molecule has 0 N–H and O–H groups in total. The number of Topliss-reactive ketones (excluding diaryl/α,β-unsaturated/α-hetero) is 1. The summed E-state index contributed by atoms with van der Waals surface area (Å²) in [6.07, 6.45) is 1.64. The molecule has 0 saturated carbocycles. The first-order valence-electron chi connectivity index (χ1n) is 9.44. The number of carbonyl (C=O) groups excluding carboxylic acids is 1. The molecule has 2 heterocycles. The minimum atomic E-state index is -0.159. The molecule has 0 spiro atoms. The third-order valence-electron chi connectivity index (χ3n) is 4.83. The van der Waals surface area contributed by atoms with E-state index >= 15 is 0 Å². The molecule has 9 heteroatoms. The molecule has 0 unspecified atom stereocenters. The van der Waals surface area contributed by atoms with Crippen molar-refractivity contribution >= 4 is 34.2 Å². The Morgan fingerprint density at radius 2 is 1.90 bits per heavy atom. The smallest absolute Gasteiger partial charge is 0.263 e. The van der Waals surface area contributed by atoms with E-state index in [1.165, 1.54) is 23.4 Å². The Labute approximate surface area is 182 Å². The van der Waals surface area contributed by atoms with Crippen LogP contribution in [0.2, 0.25) is 0 Å². The van der Waals surface area contributed by atoms with Crippen LogP contribution < -0.4 is 15.0 Å². The van der Waals surface area contributed by atoms with Gasteiger partial charge in [0.25, 0.3) is 5.56 Å². The van der Waals surface area contributed by atoms with Crippen molar-refractivity contribution in [1.82, 2.24) is 19.2 Å². The maximum absolute atomic E-state index is 12.9. The number of nitrogens with zero attached hydrogens (tertiary/aromatic N) is 4. The highest BCUT2D eigenvalue weighted by atomic mass is 32.2. The van der Waals surface area contributed by atoms with Crippen LogP contribution in [0.3, 0.4) is 0 Å². The van der Waals surface area contributed by atoms with Crippen molar-refractivity contribution < 1.29 is 14.3 Å². The number of carbonyl (C=O) groups is 1. The molecule has 0 bridgehead atoms. The van der Waals surface area contributed by atoms with Crippen LogP contribution in [0.1, 0.15) is 10.4 Å². The molecule has 0 atom stereocenters. The van der Waals surface area contributed by atoms with Crippen LogP contribution in [0.25, 0.3) is 16.7 Å². The van der Waals surface area contributed by atoms with Crippen LogP contribution >= 0.6 is 11.8 Å². The normalized spacial score (nSPS) is 11.0. The van der Waals surface area contributed by atoms with E-state index in [2.05, 4.69) is 16.8 Å². The predicted molar refractivity (Wildman–Crippen MR) is 120 cm³/mol. The molecule has 31 heavy (non-hydrogen) atoms. The topological polar surface area (TPSA) is 87.7 Å². The largest absolute Gasteiger partial charge is 0.493 e. The van der Waals surface area contributed by atoms with E-state index < -0.39 is 0 Å². The number of methoxy groups -OCH3 is 2. The van der Waals surface area contributed by atoms with Gasteiger partial charge >= 0.3 is 0 Å². The fraction of sp³-hybridized carbons (Fsp3) is 0.182. The molecule has 8 nitrogen and oxygen atoms in total. The summed E-state index contributed by atoms with van der Waals surface area (Å²) >= 11 is 1.26. The van der Waals surface area contributed by atoms with Gasteiger partial charge in [0.1, 0.15) is 0 Å². The summed E-state index contributed by atoms with van der Waals surface area (Å²) in [4.78, 5) is 25.6. The van der Waals surface area contributed by atoms with Crippen molar-refractivity contribution in [3.05, 3.63) is 71.0 Å². The van der Waals surface area contributed by atoms with Crippen molar-refractivity contribution in [2.45, 2.75) is 11.7 Å². The lowest BCUT2D eigenvalue weighted by Crippen LogP contribution is -2.22. The summed E-state index contributed by atoms with van der Waals surface area (Å²) in [5.41, 5.74) is 1.04. The molecular formula is C22H20N4O4S. The SMILES string of the molecule is C=CCn1c(=O)c2ccccc2n2c(SCC(=O)c3ccc(OC)c(OC)c3)nnc12. The second kappa shape index (κ2) is 8.65. The van der Waals surface area contributed by atoms with Crippen molar-refractivity contribution in [2.75, 3.05) is 20.0 Å². The number of hydrogen-bond acceptors (Lipinski definition) is 7. The molecule has 0 aliphatic carbocycles. The minimum Gasteiger partial charge on any atom is -0.493 e. The lowest BCUT2D eigenvalue weighted by atomic mass is 10.1. The lowest BCUT2D eigenvalue weighted by molar-refractivity contribution is 0.102. The van der Waals surface area contributed by atoms with E-state index in [-0.39, 0.29) is 17.1 Å². The number of benzene rings is 2. The average Bonchev–Trinajstić information content (AvgIpc) is 3.23. The third-order valence-corrected chi connectivity index (χ3v) is 5.76. The lowest BCUT2D eigenvalue weighted by Gasteiger charge is -2.10. The summed E-state index contributed by atoms with van der Waals surface area (Å²) in [7, 11) is 3.07. The Kier molecular flexibility index (Phi) is 5.77. The number of thioether (sulfide) groups is 1. The highest BCUT2D eigenvalue weighted by molar-refractivity contribution is 7.99. The van der Waals surface area contributed by atoms with E-state index in [4.69, 9.17) is 9.47 Å². The number of ether oxygens (including phenoxy) is 2. The number of para-hydroxylation sites is 1. The van der Waals surface area contributed by atoms with E-state index in [0.29, 0.717) is 45.4 Å². The second-order valence-corrected chi connectivity index (χ2v) is 7.56. The van der Waals surface area contributed by atoms with Gasteiger partial charge in [0.15, 0.2) is 22.4 Å². The summed E-state index contributed by atoms with van der Waals surface area (Å²) in [5.74, 6) is 1.51. The zero-order valence-electron chi connectivity index (χ0n) is 17.1. The Balaban J connectivity index is 1.71. The number of aromatic nitrogens is 4. The number of rotatable bonds is 8. The van der Waals surface area contributed by atoms with E-state index in [0.717, 1.165) is 0 Å². The van der Waals surface area contributed by atoms with Crippen LogP contribution in [0.15, 0.2) is 65.1 Å². The predicted octanol–water partition coefficient (Wildman–Crippen LogP) is 3.22. The Morgan fingerprint density at radius 1 is 1.13 bits per heavy atom. The van der Waals surface area contributed by atoms with Crippen LogP contribution in [0, 0.1) is 0 Å². The monoisotopic (exact) mass is 436 g/mol. The van der Waals surface area contributed by atoms with Gasteiger partial charge in [-0.25, -0.2) is 0 Å². The highest BCUT2D eigenvalue weighted by Crippen LogP contribution is 2.29. The van der Waals surface area contributed by atoms with Crippen LogP contribution in [0.4, 0.5) is 0 Å². The maximum atomic E-state index is 12.9. The van der Waals surface area contributed by atoms with Gasteiger partial charge in [-0.2, -0.15) is 0 Å². The maximum Gasteiger partial charge on any atom is 0.263 e. The second-order valence-electron chi connectivity index (χ2n) is 6.62. The zero-order chi connectivity index (χ0) is 22.0. The molecule has 0 aliphatic rings. The van der Waals surface area contributed by atoms with E-state index in [1.54, 1.807) is 41.9 Å². The van der Waals surface area contributed by atoms with Gasteiger partial charge in [0.2, 0.25) is 5.78 Å². The molecule has 2 aromatic carbocycles. The molecule has 158 valence electrons. The minimum absolute atomic E-state index is 0.0913. The summed E-state index contributed by atoms with van der Waals surface area (Å²) in [6, 6.07) is 12.3. The van der Waals surface area contributed by atoms with Crippen LogP contribution in [0.5, 0.6) is 11.5 Å². The molecule has 0 amide bonds. The highest BCUT2D eigenvalue weighted by Gasteiger charge is 2.18. The molecular weight excluding hydrogens is 416 g/mol. The van der Waals surface area contributed by atoms with Gasteiger partial charge in [0, 0.05) is 12.1 Å². The fourth-order valence-electron chi connectivity index (χ4n) is 3.34. The summed E-state index contributed by atoms with van der Waals surface area (Å²) in [6.45, 7) is 4.03. The first kappa shape index (κ1) is 20.7. The van der Waals surface area contributed by atoms with E-state index in [9.17, 15) is 9.59 Å². The van der Waals surface area contributed by atoms with Crippen molar-refractivity contribution in [2.24, 2.45) is 0 Å². The van der Waals surface area contributed by atoms with Gasteiger partial charge in [-0.3, -0.25) is 18.6 Å². The van der Waals surface area contributed by atoms with Crippen molar-refractivity contribution in [3.8, 4) is 11.5 Å². The Hall–Kier alpha value is -3.59. The van der Waals surface area contributed by atoms with Crippen molar-refractivity contribution in [3.63, 3.8) is 0 Å². The number of allylic oxidation sites excluding steroid dienone is 1. The molecule has 0 fully saturated rings. The van der Waals surface area contributed by atoms with E-state index in [1.807, 2.05) is 18.2 Å². The summed E-state index contributed by atoms with van der Waals surface area (Å²) < 4.78 is 13.8. The molecule has 0 saturated heterocycles. The Morgan fingerprint density at radius 3 is 2.65 bits per heavy atom. The number of ketones is 1. The summed E-state index contributed by atoms with van der Waals surface area (Å²) in [5, 5.41) is 9.52. The fourth-order valence-corrected chi connectivity index (χ4v) is 4.18. The van der Waals surface area contributed by atoms with Gasteiger partial charge in [-0.05, 0) is 30.3 Å². The number of fused-ring (bicyclic) bond motifs is 3. The third kappa shape index (κ3) is 3.68. The van der Waals surface area contributed by atoms with Gasteiger partial charge in [-0.15, -0.1) is 16.8 Å². The zero-order valence-corrected chi connectivity index (χ0v) is 17.9. The van der Waals surface area contributed by atoms with Gasteiger partial charge in [-0.1, -0.05) is 30.0 Å². The molecule has 0 radical (unpaired) electrons. The number of hydrogen-bond donors (Lipinski definition) is 0. The van der Waals surface area contributed by atoms with Crippen LogP contribution in [-0.4, -0.2) is 44.9 Å². The quantitative estimate of drug-likeness (QED) is 0.238.